The molecule has 3 rings (SSSR count). The Kier molecular flexibility index (Phi) is 8.25. The third-order valence-corrected chi connectivity index (χ3v) is 6.29. The Morgan fingerprint density at radius 2 is 1.97 bits per heavy atom. The summed E-state index contributed by atoms with van der Waals surface area (Å²) in [5.41, 5.74) is 2.16. The number of amides is 2. The molecule has 1 aromatic heterocycles. The molecule has 8 nitrogen and oxygen atoms in total. The van der Waals surface area contributed by atoms with Crippen molar-refractivity contribution >= 4 is 17.8 Å². The van der Waals surface area contributed by atoms with Gasteiger partial charge in [-0.2, -0.15) is 5.10 Å². The zero-order valence-corrected chi connectivity index (χ0v) is 19.7. The lowest BCUT2D eigenvalue weighted by atomic mass is 9.97. The molecule has 0 aliphatic carbocycles. The molecule has 178 valence electrons. The third-order valence-electron chi connectivity index (χ3n) is 6.29. The van der Waals surface area contributed by atoms with Gasteiger partial charge < -0.3 is 15.3 Å². The summed E-state index contributed by atoms with van der Waals surface area (Å²) in [5, 5.41) is 16.6. The van der Waals surface area contributed by atoms with E-state index < -0.39 is 17.9 Å². The number of hydrogen-bond donors (Lipinski definition) is 2. The van der Waals surface area contributed by atoms with Crippen molar-refractivity contribution in [3.63, 3.8) is 0 Å². The molecule has 1 aliphatic heterocycles. The first-order valence-electron chi connectivity index (χ1n) is 11.8. The van der Waals surface area contributed by atoms with E-state index in [2.05, 4.69) is 17.3 Å². The number of carbonyl (C=O) groups is 3. The number of nitrogens with one attached hydrogen (secondary N) is 1. The number of hydrogen-bond acceptors (Lipinski definition) is 4. The molecule has 1 fully saturated rings. The number of aliphatic carboxylic acids is 1. The van der Waals surface area contributed by atoms with E-state index in [1.54, 1.807) is 4.68 Å². The fourth-order valence-electron chi connectivity index (χ4n) is 4.61. The predicted octanol–water partition coefficient (Wildman–Crippen LogP) is 3.95. The summed E-state index contributed by atoms with van der Waals surface area (Å²) in [6, 6.07) is 8.43. The van der Waals surface area contributed by atoms with Gasteiger partial charge in [0.05, 0.1) is 12.5 Å². The second kappa shape index (κ2) is 11.1. The maximum absolute atomic E-state index is 13.4. The van der Waals surface area contributed by atoms with Crippen molar-refractivity contribution in [3.8, 4) is 0 Å². The molecule has 0 unspecified atom stereocenters. The highest BCUT2D eigenvalue weighted by molar-refractivity contribution is 5.98. The molecule has 2 heterocycles. The van der Waals surface area contributed by atoms with Gasteiger partial charge in [0.25, 0.3) is 11.8 Å². The molecule has 1 aliphatic rings. The van der Waals surface area contributed by atoms with Crippen LogP contribution in [0.25, 0.3) is 0 Å². The van der Waals surface area contributed by atoms with Crippen LogP contribution in [0.5, 0.6) is 0 Å². The van der Waals surface area contributed by atoms with Crippen LogP contribution in [0.3, 0.4) is 0 Å². The molecule has 0 spiro atoms. The fraction of sp³-hybridized carbons (Fsp3) is 0.520. The number of rotatable bonds is 9. The third kappa shape index (κ3) is 5.80. The maximum atomic E-state index is 13.4. The van der Waals surface area contributed by atoms with Crippen LogP contribution in [0, 0.1) is 6.92 Å². The van der Waals surface area contributed by atoms with E-state index in [9.17, 15) is 19.5 Å². The Morgan fingerprint density at radius 1 is 1.21 bits per heavy atom. The number of carboxylic acids is 1. The summed E-state index contributed by atoms with van der Waals surface area (Å²) in [4.78, 5) is 39.8. The number of piperidine rings is 1. The Labute approximate surface area is 195 Å². The lowest BCUT2D eigenvalue weighted by molar-refractivity contribution is -0.137. The average Bonchev–Trinajstić information content (AvgIpc) is 3.23. The first kappa shape index (κ1) is 24.5. The van der Waals surface area contributed by atoms with E-state index >= 15 is 0 Å². The number of carboxylic acid groups (broad SMARTS) is 1. The van der Waals surface area contributed by atoms with Gasteiger partial charge in [0, 0.05) is 25.2 Å². The first-order chi connectivity index (χ1) is 15.8. The van der Waals surface area contributed by atoms with Crippen LogP contribution in [0.1, 0.15) is 90.5 Å². The van der Waals surface area contributed by atoms with Crippen molar-refractivity contribution in [1.82, 2.24) is 20.0 Å². The molecular weight excluding hydrogens is 420 g/mol. The molecule has 2 atom stereocenters. The Bertz CT molecular complexity index is 998. The van der Waals surface area contributed by atoms with Crippen molar-refractivity contribution in [3.05, 3.63) is 52.8 Å². The zero-order chi connectivity index (χ0) is 24.0. The van der Waals surface area contributed by atoms with Crippen molar-refractivity contribution in [2.75, 3.05) is 6.54 Å². The van der Waals surface area contributed by atoms with Crippen LogP contribution >= 0.6 is 0 Å². The van der Waals surface area contributed by atoms with Gasteiger partial charge in [-0.25, -0.2) is 0 Å². The van der Waals surface area contributed by atoms with E-state index in [0.29, 0.717) is 18.8 Å². The summed E-state index contributed by atoms with van der Waals surface area (Å²) in [7, 11) is 0. The van der Waals surface area contributed by atoms with Crippen LogP contribution in [0.4, 0.5) is 0 Å². The number of carbonyl (C=O) groups excluding carboxylic acids is 2. The van der Waals surface area contributed by atoms with Crippen LogP contribution in [0.2, 0.25) is 0 Å². The molecule has 33 heavy (non-hydrogen) atoms. The summed E-state index contributed by atoms with van der Waals surface area (Å²) in [6.07, 6.45) is 4.83. The van der Waals surface area contributed by atoms with Crippen molar-refractivity contribution < 1.29 is 19.5 Å². The monoisotopic (exact) mass is 454 g/mol. The van der Waals surface area contributed by atoms with Crippen LogP contribution in [-0.2, 0) is 11.3 Å². The quantitative estimate of drug-likeness (QED) is 0.597. The van der Waals surface area contributed by atoms with Crippen molar-refractivity contribution in [2.45, 2.75) is 77.9 Å². The van der Waals surface area contributed by atoms with Crippen molar-refractivity contribution in [1.29, 1.82) is 0 Å². The van der Waals surface area contributed by atoms with Crippen LogP contribution in [-0.4, -0.2) is 50.2 Å². The Hall–Kier alpha value is -3.16. The second-order valence-corrected chi connectivity index (χ2v) is 8.65. The minimum atomic E-state index is -1.01. The van der Waals surface area contributed by atoms with Gasteiger partial charge in [-0.15, -0.1) is 0 Å². The predicted molar refractivity (Wildman–Crippen MR) is 125 cm³/mol. The van der Waals surface area contributed by atoms with Gasteiger partial charge in [-0.3, -0.25) is 19.1 Å². The molecule has 2 N–H and O–H groups in total. The molecule has 2 aromatic rings. The SMILES string of the molecule is CCC[C@H]1CCCCN1C(=O)c1cc(C(=O)N[C@@H](CC(=O)O)c2ccccc2C)nn1CC. The second-order valence-electron chi connectivity index (χ2n) is 8.65. The average molecular weight is 455 g/mol. The van der Waals surface area contributed by atoms with Crippen LogP contribution < -0.4 is 5.32 Å². The van der Waals surface area contributed by atoms with E-state index in [1.165, 1.54) is 6.07 Å². The van der Waals surface area contributed by atoms with Gasteiger partial charge in [0.15, 0.2) is 5.69 Å². The highest BCUT2D eigenvalue weighted by Gasteiger charge is 2.30. The summed E-state index contributed by atoms with van der Waals surface area (Å²) in [5.74, 6) is -1.59. The van der Waals surface area contributed by atoms with Gasteiger partial charge in [-0.1, -0.05) is 37.6 Å². The minimum absolute atomic E-state index is 0.0949. The van der Waals surface area contributed by atoms with Gasteiger partial charge >= 0.3 is 5.97 Å². The normalized spacial score (nSPS) is 16.9. The molecule has 0 saturated carbocycles. The zero-order valence-electron chi connectivity index (χ0n) is 19.7. The lowest BCUT2D eigenvalue weighted by Crippen LogP contribution is -2.44. The van der Waals surface area contributed by atoms with Crippen molar-refractivity contribution in [2.24, 2.45) is 0 Å². The minimum Gasteiger partial charge on any atom is -0.481 e. The Balaban J connectivity index is 1.84. The van der Waals surface area contributed by atoms with Gasteiger partial charge in [0.1, 0.15) is 5.69 Å². The van der Waals surface area contributed by atoms with Gasteiger partial charge in [-0.05, 0) is 50.7 Å². The molecule has 1 aromatic carbocycles. The summed E-state index contributed by atoms with van der Waals surface area (Å²) in [6.45, 7) is 7.05. The number of nitrogens with zero attached hydrogens (tertiary/aromatic N) is 3. The van der Waals surface area contributed by atoms with E-state index in [-0.39, 0.29) is 24.1 Å². The topological polar surface area (TPSA) is 105 Å². The molecule has 2 amide bonds. The molecule has 1 saturated heterocycles. The van der Waals surface area contributed by atoms with E-state index in [1.807, 2.05) is 43.0 Å². The lowest BCUT2D eigenvalue weighted by Gasteiger charge is -2.35. The summed E-state index contributed by atoms with van der Waals surface area (Å²) < 4.78 is 1.56. The Morgan fingerprint density at radius 3 is 2.64 bits per heavy atom. The summed E-state index contributed by atoms with van der Waals surface area (Å²) >= 11 is 0. The molecule has 8 heteroatoms. The fourth-order valence-corrected chi connectivity index (χ4v) is 4.61. The standard InChI is InChI=1S/C25H34N4O4/c1-4-10-18-12-8-9-14-28(18)25(33)22-15-21(27-29(22)5-2)24(32)26-20(16-23(30)31)19-13-7-6-11-17(19)3/h6-7,11,13,15,18,20H,4-5,8-10,12,14,16H2,1-3H3,(H,26,32)(H,30,31)/t18-,20-/m0/s1. The van der Waals surface area contributed by atoms with E-state index in [0.717, 1.165) is 43.2 Å². The highest BCUT2D eigenvalue weighted by Crippen LogP contribution is 2.24. The number of aromatic nitrogens is 2. The number of likely N-dealkylation sites (tertiary alicyclic amines) is 1. The molecular formula is C25H34N4O4. The maximum Gasteiger partial charge on any atom is 0.305 e. The number of benzene rings is 1. The van der Waals surface area contributed by atoms with E-state index in [4.69, 9.17) is 0 Å². The molecule has 0 bridgehead atoms. The number of aryl methyl sites for hydroxylation is 2. The van der Waals surface area contributed by atoms with Gasteiger partial charge in [0.2, 0.25) is 0 Å². The first-order valence-corrected chi connectivity index (χ1v) is 11.8. The molecule has 0 radical (unpaired) electrons. The highest BCUT2D eigenvalue weighted by atomic mass is 16.4. The smallest absolute Gasteiger partial charge is 0.305 e. The van der Waals surface area contributed by atoms with Crippen LogP contribution in [0.15, 0.2) is 30.3 Å². The largest absolute Gasteiger partial charge is 0.481 e.